The minimum Gasteiger partial charge on any atom is -0.495 e. The van der Waals surface area contributed by atoms with Crippen molar-refractivity contribution in [3.05, 3.63) is 60.4 Å². The Labute approximate surface area is 192 Å². The molecule has 1 unspecified atom stereocenters. The second-order valence-corrected chi connectivity index (χ2v) is 7.67. The van der Waals surface area contributed by atoms with Gasteiger partial charge in [0.25, 0.3) is 0 Å². The van der Waals surface area contributed by atoms with Crippen molar-refractivity contribution in [3.8, 4) is 17.2 Å². The van der Waals surface area contributed by atoms with Crippen molar-refractivity contribution >= 4 is 23.2 Å². The molecule has 4 rings (SSSR count). The number of carbonyl (C=O) groups is 2. The fourth-order valence-corrected chi connectivity index (χ4v) is 3.70. The van der Waals surface area contributed by atoms with E-state index >= 15 is 0 Å². The Kier molecular flexibility index (Phi) is 6.18. The predicted octanol–water partition coefficient (Wildman–Crippen LogP) is 4.37. The van der Waals surface area contributed by atoms with E-state index in [9.17, 15) is 22.8 Å². The van der Waals surface area contributed by atoms with Gasteiger partial charge in [-0.1, -0.05) is 0 Å². The summed E-state index contributed by atoms with van der Waals surface area (Å²) in [6.45, 7) is 0. The number of anilines is 2. The zero-order valence-corrected chi connectivity index (χ0v) is 18.3. The molecule has 11 heteroatoms. The Balaban J connectivity index is 1.53. The number of nitrogens with zero attached hydrogens (tertiary/aromatic N) is 3. The van der Waals surface area contributed by atoms with Crippen LogP contribution in [-0.2, 0) is 22.8 Å². The summed E-state index contributed by atoms with van der Waals surface area (Å²) < 4.78 is 50.8. The van der Waals surface area contributed by atoms with Gasteiger partial charge in [-0.15, -0.1) is 0 Å². The third-order valence-electron chi connectivity index (χ3n) is 5.33. The first kappa shape index (κ1) is 23.1. The lowest BCUT2D eigenvalue weighted by molar-refractivity contribution is -0.137. The van der Waals surface area contributed by atoms with Crippen LogP contribution < -0.4 is 19.7 Å². The summed E-state index contributed by atoms with van der Waals surface area (Å²) in [7, 11) is 3.15. The summed E-state index contributed by atoms with van der Waals surface area (Å²) in [5.74, 6) is 0.228. The highest BCUT2D eigenvalue weighted by Crippen LogP contribution is 2.35. The maximum Gasteiger partial charge on any atom is 0.416 e. The van der Waals surface area contributed by atoms with Crippen LogP contribution in [0.15, 0.2) is 54.9 Å². The van der Waals surface area contributed by atoms with Gasteiger partial charge in [0, 0.05) is 25.7 Å². The first-order valence-electron chi connectivity index (χ1n) is 10.3. The molecule has 3 aromatic rings. The number of methoxy groups -OCH3 is 1. The van der Waals surface area contributed by atoms with Gasteiger partial charge in [0.1, 0.15) is 23.3 Å². The van der Waals surface area contributed by atoms with E-state index in [0.29, 0.717) is 23.5 Å². The number of nitrogens with one attached hydrogen (secondary N) is 1. The summed E-state index contributed by atoms with van der Waals surface area (Å²) in [6, 6.07) is 8.15. The van der Waals surface area contributed by atoms with Crippen molar-refractivity contribution < 1.29 is 32.2 Å². The number of halogens is 3. The van der Waals surface area contributed by atoms with E-state index in [1.807, 2.05) is 0 Å². The minimum absolute atomic E-state index is 0.181. The fourth-order valence-electron chi connectivity index (χ4n) is 3.70. The first-order valence-corrected chi connectivity index (χ1v) is 10.3. The van der Waals surface area contributed by atoms with E-state index < -0.39 is 23.7 Å². The van der Waals surface area contributed by atoms with Gasteiger partial charge in [-0.05, 0) is 42.8 Å². The van der Waals surface area contributed by atoms with E-state index in [2.05, 4.69) is 10.4 Å². The van der Waals surface area contributed by atoms with Crippen LogP contribution in [-0.4, -0.2) is 34.7 Å². The summed E-state index contributed by atoms with van der Waals surface area (Å²) >= 11 is 0. The molecule has 1 atom stereocenters. The fraction of sp³-hybridized carbons (Fsp3) is 0.261. The zero-order valence-electron chi connectivity index (χ0n) is 18.3. The minimum atomic E-state index is -4.44. The Hall–Kier alpha value is -4.02. The first-order chi connectivity index (χ1) is 16.2. The number of ether oxygens (including phenoxy) is 2. The average molecular weight is 474 g/mol. The molecule has 1 aliphatic heterocycles. The largest absolute Gasteiger partial charge is 0.495 e. The van der Waals surface area contributed by atoms with Gasteiger partial charge in [0.2, 0.25) is 11.8 Å². The standard InChI is InChI=1S/C23H21F3N4O4/c1-29-13-15(12-27-29)30-19(8-10-21(30)31)22(32)28-18-11-17(7-9-20(18)33-2)34-16-5-3-14(4-6-16)23(24,25)26/h3-7,9,11-13,19H,8,10H2,1-2H3,(H,28,32). The Bertz CT molecular complexity index is 1210. The summed E-state index contributed by atoms with van der Waals surface area (Å²) in [5, 5.41) is 6.84. The number of aryl methyl sites for hydroxylation is 1. The normalized spacial score (nSPS) is 16.0. The van der Waals surface area contributed by atoms with Crippen molar-refractivity contribution in [2.75, 3.05) is 17.3 Å². The highest BCUT2D eigenvalue weighted by Gasteiger charge is 2.38. The van der Waals surface area contributed by atoms with Gasteiger partial charge in [-0.25, -0.2) is 0 Å². The number of carbonyl (C=O) groups excluding carboxylic acids is 2. The molecule has 1 fully saturated rings. The van der Waals surface area contributed by atoms with Crippen LogP contribution in [0, 0.1) is 0 Å². The Morgan fingerprint density at radius 3 is 2.47 bits per heavy atom. The van der Waals surface area contributed by atoms with Crippen LogP contribution >= 0.6 is 0 Å². The molecule has 1 N–H and O–H groups in total. The second kappa shape index (κ2) is 9.08. The van der Waals surface area contributed by atoms with Crippen LogP contribution in [0.4, 0.5) is 24.5 Å². The molecular weight excluding hydrogens is 453 g/mol. The summed E-state index contributed by atoms with van der Waals surface area (Å²) in [6.07, 6.45) is -0.711. The molecular formula is C23H21F3N4O4. The highest BCUT2D eigenvalue weighted by molar-refractivity contribution is 6.07. The molecule has 1 aliphatic rings. The number of hydrogen-bond acceptors (Lipinski definition) is 5. The molecule has 0 spiro atoms. The van der Waals surface area contributed by atoms with Gasteiger partial charge >= 0.3 is 6.18 Å². The highest BCUT2D eigenvalue weighted by atomic mass is 19.4. The van der Waals surface area contributed by atoms with Crippen LogP contribution in [0.1, 0.15) is 18.4 Å². The zero-order chi connectivity index (χ0) is 24.5. The van der Waals surface area contributed by atoms with E-state index in [1.54, 1.807) is 30.1 Å². The Morgan fingerprint density at radius 2 is 1.85 bits per heavy atom. The van der Waals surface area contributed by atoms with Gasteiger partial charge in [-0.2, -0.15) is 18.3 Å². The number of rotatable bonds is 6. The maximum atomic E-state index is 13.1. The van der Waals surface area contributed by atoms with Gasteiger partial charge in [-0.3, -0.25) is 19.2 Å². The van der Waals surface area contributed by atoms with E-state index in [1.165, 1.54) is 36.4 Å². The second-order valence-electron chi connectivity index (χ2n) is 7.67. The van der Waals surface area contributed by atoms with Crippen molar-refractivity contribution in [2.24, 2.45) is 7.05 Å². The average Bonchev–Trinajstić information content (AvgIpc) is 3.39. The lowest BCUT2D eigenvalue weighted by Gasteiger charge is -2.23. The van der Waals surface area contributed by atoms with Gasteiger partial charge in [0.05, 0.1) is 30.2 Å². The quantitative estimate of drug-likeness (QED) is 0.573. The lowest BCUT2D eigenvalue weighted by atomic mass is 10.2. The molecule has 178 valence electrons. The molecule has 2 amide bonds. The predicted molar refractivity (Wildman–Crippen MR) is 117 cm³/mol. The molecule has 34 heavy (non-hydrogen) atoms. The monoisotopic (exact) mass is 474 g/mol. The SMILES string of the molecule is COc1ccc(Oc2ccc(C(F)(F)F)cc2)cc1NC(=O)C1CCC(=O)N1c1cnn(C)c1. The molecule has 1 saturated heterocycles. The number of aromatic nitrogens is 2. The van der Waals surface area contributed by atoms with Crippen LogP contribution in [0.25, 0.3) is 0 Å². The summed E-state index contributed by atoms with van der Waals surface area (Å²) in [4.78, 5) is 26.9. The molecule has 0 aliphatic carbocycles. The van der Waals surface area contributed by atoms with Crippen LogP contribution in [0.2, 0.25) is 0 Å². The van der Waals surface area contributed by atoms with Crippen LogP contribution in [0.5, 0.6) is 17.2 Å². The third kappa shape index (κ3) is 4.82. The maximum absolute atomic E-state index is 13.1. The van der Waals surface area contributed by atoms with Gasteiger partial charge in [0.15, 0.2) is 0 Å². The number of amides is 2. The molecule has 0 radical (unpaired) electrons. The molecule has 8 nitrogen and oxygen atoms in total. The number of alkyl halides is 3. The van der Waals surface area contributed by atoms with Crippen LogP contribution in [0.3, 0.4) is 0 Å². The van der Waals surface area contributed by atoms with Crippen molar-refractivity contribution in [1.82, 2.24) is 9.78 Å². The van der Waals surface area contributed by atoms with E-state index in [4.69, 9.17) is 9.47 Å². The Morgan fingerprint density at radius 1 is 1.15 bits per heavy atom. The summed E-state index contributed by atoms with van der Waals surface area (Å²) in [5.41, 5.74) is 0.0331. The molecule has 2 heterocycles. The number of hydrogen-bond donors (Lipinski definition) is 1. The third-order valence-corrected chi connectivity index (χ3v) is 5.33. The van der Waals surface area contributed by atoms with Crippen molar-refractivity contribution in [1.29, 1.82) is 0 Å². The van der Waals surface area contributed by atoms with E-state index in [0.717, 1.165) is 12.1 Å². The van der Waals surface area contributed by atoms with Gasteiger partial charge < -0.3 is 14.8 Å². The number of benzene rings is 2. The molecule has 0 saturated carbocycles. The topological polar surface area (TPSA) is 85.7 Å². The smallest absolute Gasteiger partial charge is 0.416 e. The molecule has 0 bridgehead atoms. The van der Waals surface area contributed by atoms with Crippen molar-refractivity contribution in [3.63, 3.8) is 0 Å². The molecule has 2 aromatic carbocycles. The molecule has 1 aromatic heterocycles. The van der Waals surface area contributed by atoms with E-state index in [-0.39, 0.29) is 23.8 Å². The van der Waals surface area contributed by atoms with Crippen molar-refractivity contribution in [2.45, 2.75) is 25.1 Å². The lowest BCUT2D eigenvalue weighted by Crippen LogP contribution is -2.41.